The molecule has 1 saturated carbocycles. The summed E-state index contributed by atoms with van der Waals surface area (Å²) >= 11 is 12.7. The van der Waals surface area contributed by atoms with Crippen molar-refractivity contribution in [1.29, 1.82) is 0 Å². The molecule has 2 heterocycles. The molecule has 1 aromatic carbocycles. The molecule has 4 rings (SSSR count). The number of hydrogen-bond donors (Lipinski definition) is 1. The van der Waals surface area contributed by atoms with Gasteiger partial charge in [0.15, 0.2) is 0 Å². The lowest BCUT2D eigenvalue weighted by molar-refractivity contribution is -0.180. The first-order valence-electron chi connectivity index (χ1n) is 14.3. The van der Waals surface area contributed by atoms with Crippen molar-refractivity contribution in [2.45, 2.75) is 91.4 Å². The first-order valence-corrected chi connectivity index (χ1v) is 15.1. The Morgan fingerprint density at radius 1 is 1.18 bits per heavy atom. The summed E-state index contributed by atoms with van der Waals surface area (Å²) in [7, 11) is 1.35. The van der Waals surface area contributed by atoms with Crippen LogP contribution in [0.4, 0.5) is 0 Å². The third-order valence-corrected chi connectivity index (χ3v) is 9.36. The van der Waals surface area contributed by atoms with Crippen LogP contribution in [0.25, 0.3) is 0 Å². The number of rotatable bonds is 7. The zero-order valence-electron chi connectivity index (χ0n) is 24.2. The molecule has 1 saturated heterocycles. The number of methoxy groups -OCH3 is 1. The number of likely N-dealkylation sites (tertiary alicyclic amines) is 1. The van der Waals surface area contributed by atoms with E-state index in [1.54, 1.807) is 23.1 Å². The van der Waals surface area contributed by atoms with Gasteiger partial charge in [-0.1, -0.05) is 69.3 Å². The predicted octanol–water partition coefficient (Wildman–Crippen LogP) is 6.31. The minimum atomic E-state index is -1.25. The number of esters is 1. The average Bonchev–Trinajstić information content (AvgIpc) is 2.91. The van der Waals surface area contributed by atoms with Crippen LogP contribution in [0, 0.1) is 22.7 Å². The molecule has 1 N–H and O–H groups in total. The Balaban J connectivity index is 1.71. The highest BCUT2D eigenvalue weighted by molar-refractivity contribution is 6.35. The van der Waals surface area contributed by atoms with E-state index in [4.69, 9.17) is 32.7 Å². The van der Waals surface area contributed by atoms with Gasteiger partial charge in [0.25, 0.3) is 0 Å². The van der Waals surface area contributed by atoms with Crippen LogP contribution in [0.15, 0.2) is 30.0 Å². The summed E-state index contributed by atoms with van der Waals surface area (Å²) in [6.07, 6.45) is 6.91. The molecule has 0 radical (unpaired) electrons. The average molecular weight is 594 g/mol. The van der Waals surface area contributed by atoms with Crippen molar-refractivity contribution < 1.29 is 23.9 Å². The lowest BCUT2D eigenvalue weighted by atomic mass is 9.65. The number of nitrogens with one attached hydrogen (secondary N) is 1. The highest BCUT2D eigenvalue weighted by atomic mass is 35.5. The minimum Gasteiger partial charge on any atom is -0.468 e. The standard InChI is InChI=1S/C31H42Cl2N2O5/c1-19-31(29(38)39-5)16-22(13-27(36)34-17-20-9-7-6-8-10-20)28(37)35(18-21-11-12-23(32)14-24(21)33)25(31)15-26(40-19)30(2,3)4/h11-12,14-15,19-20,22,26H,6-10,13,16-18H2,1-5H3,(H,34,36)/t19-,22+,26-,31+/m1/s1. The molecule has 9 heteroatoms. The number of amides is 2. The van der Waals surface area contributed by atoms with Gasteiger partial charge < -0.3 is 19.7 Å². The molecule has 0 aromatic heterocycles. The minimum absolute atomic E-state index is 0.0160. The van der Waals surface area contributed by atoms with E-state index < -0.39 is 23.4 Å². The topological polar surface area (TPSA) is 84.9 Å². The number of fused-ring (bicyclic) bond motifs is 1. The number of halogens is 2. The largest absolute Gasteiger partial charge is 0.468 e. The van der Waals surface area contributed by atoms with Crippen LogP contribution in [-0.2, 0) is 30.4 Å². The first kappa shape index (κ1) is 30.9. The van der Waals surface area contributed by atoms with Gasteiger partial charge in [0.1, 0.15) is 5.41 Å². The molecule has 2 amide bonds. The molecule has 0 bridgehead atoms. The lowest BCUT2D eigenvalue weighted by Crippen LogP contribution is -2.61. The van der Waals surface area contributed by atoms with Gasteiger partial charge in [-0.25, -0.2) is 0 Å². The molecular formula is C31H42Cl2N2O5. The van der Waals surface area contributed by atoms with Crippen molar-refractivity contribution >= 4 is 41.0 Å². The summed E-state index contributed by atoms with van der Waals surface area (Å²) in [5.74, 6) is -1.14. The molecule has 1 aromatic rings. The van der Waals surface area contributed by atoms with E-state index in [9.17, 15) is 14.4 Å². The fraction of sp³-hybridized carbons (Fsp3) is 0.645. The SMILES string of the molecule is COC(=O)[C@]12C[C@H](CC(=O)NCC3CCCCC3)C(=O)N(Cc3ccc(Cl)cc3Cl)C1=C[C@H](C(C)(C)C)O[C@@H]2C. The number of hydrogen-bond acceptors (Lipinski definition) is 5. The third-order valence-electron chi connectivity index (χ3n) is 8.78. The Morgan fingerprint density at radius 3 is 2.50 bits per heavy atom. The molecule has 1 aliphatic carbocycles. The van der Waals surface area contributed by atoms with Crippen molar-refractivity contribution in [1.82, 2.24) is 10.2 Å². The second-order valence-electron chi connectivity index (χ2n) is 12.7. The van der Waals surface area contributed by atoms with E-state index in [1.165, 1.54) is 26.4 Å². The number of benzene rings is 1. The van der Waals surface area contributed by atoms with Crippen LogP contribution in [0.3, 0.4) is 0 Å². The number of carbonyl (C=O) groups is 3. The van der Waals surface area contributed by atoms with Gasteiger partial charge in [-0.2, -0.15) is 0 Å². The van der Waals surface area contributed by atoms with Gasteiger partial charge in [0.05, 0.1) is 25.9 Å². The Hall–Kier alpha value is -2.09. The van der Waals surface area contributed by atoms with E-state index in [2.05, 4.69) is 26.1 Å². The van der Waals surface area contributed by atoms with Crippen LogP contribution in [0.2, 0.25) is 10.0 Å². The number of nitrogens with zero attached hydrogens (tertiary/aromatic N) is 1. The van der Waals surface area contributed by atoms with Crippen LogP contribution < -0.4 is 5.32 Å². The van der Waals surface area contributed by atoms with Crippen molar-refractivity contribution in [3.05, 3.63) is 45.6 Å². The maximum absolute atomic E-state index is 14.2. The molecule has 220 valence electrons. The summed E-state index contributed by atoms with van der Waals surface area (Å²) in [4.78, 5) is 42.6. The fourth-order valence-corrected chi connectivity index (χ4v) is 6.84. The zero-order chi connectivity index (χ0) is 29.2. The Labute approximate surface area is 247 Å². The molecule has 2 fully saturated rings. The molecule has 7 nitrogen and oxygen atoms in total. The zero-order valence-corrected chi connectivity index (χ0v) is 25.7. The number of ether oxygens (including phenoxy) is 2. The van der Waals surface area contributed by atoms with Crippen molar-refractivity contribution in [3.8, 4) is 0 Å². The van der Waals surface area contributed by atoms with Gasteiger partial charge in [0, 0.05) is 34.6 Å². The number of piperidine rings is 1. The van der Waals surface area contributed by atoms with Crippen molar-refractivity contribution in [3.63, 3.8) is 0 Å². The van der Waals surface area contributed by atoms with Crippen LogP contribution in [0.1, 0.15) is 78.2 Å². The molecular weight excluding hydrogens is 551 g/mol. The second kappa shape index (κ2) is 12.4. The lowest BCUT2D eigenvalue weighted by Gasteiger charge is -2.53. The monoisotopic (exact) mass is 592 g/mol. The van der Waals surface area contributed by atoms with Crippen LogP contribution in [0.5, 0.6) is 0 Å². The molecule has 0 unspecified atom stereocenters. The van der Waals surface area contributed by atoms with Crippen molar-refractivity contribution in [2.75, 3.05) is 13.7 Å². The highest BCUT2D eigenvalue weighted by Crippen LogP contribution is 2.52. The summed E-state index contributed by atoms with van der Waals surface area (Å²) in [6.45, 7) is 8.75. The second-order valence-corrected chi connectivity index (χ2v) is 13.5. The van der Waals surface area contributed by atoms with Gasteiger partial charge in [-0.3, -0.25) is 14.4 Å². The number of carbonyl (C=O) groups excluding carboxylic acids is 3. The highest BCUT2D eigenvalue weighted by Gasteiger charge is 2.60. The van der Waals surface area contributed by atoms with Gasteiger partial charge in [0.2, 0.25) is 11.8 Å². The Bertz CT molecular complexity index is 1160. The van der Waals surface area contributed by atoms with Crippen LogP contribution in [-0.4, -0.2) is 48.5 Å². The van der Waals surface area contributed by atoms with Gasteiger partial charge in [-0.15, -0.1) is 0 Å². The molecule has 2 aliphatic heterocycles. The predicted molar refractivity (Wildman–Crippen MR) is 156 cm³/mol. The van der Waals surface area contributed by atoms with E-state index >= 15 is 0 Å². The maximum atomic E-state index is 14.2. The van der Waals surface area contributed by atoms with E-state index in [0.29, 0.717) is 33.8 Å². The van der Waals surface area contributed by atoms with Crippen molar-refractivity contribution in [2.24, 2.45) is 22.7 Å². The van der Waals surface area contributed by atoms with Crippen LogP contribution >= 0.6 is 23.2 Å². The molecule has 4 atom stereocenters. The summed E-state index contributed by atoms with van der Waals surface area (Å²) < 4.78 is 11.8. The normalized spacial score (nSPS) is 27.6. The van der Waals surface area contributed by atoms with E-state index in [0.717, 1.165) is 12.8 Å². The fourth-order valence-electron chi connectivity index (χ4n) is 6.37. The Morgan fingerprint density at radius 2 is 1.88 bits per heavy atom. The van der Waals surface area contributed by atoms with Gasteiger partial charge >= 0.3 is 5.97 Å². The molecule has 0 spiro atoms. The van der Waals surface area contributed by atoms with E-state index in [1.807, 2.05) is 13.0 Å². The first-order chi connectivity index (χ1) is 18.9. The smallest absolute Gasteiger partial charge is 0.320 e. The molecule has 40 heavy (non-hydrogen) atoms. The summed E-state index contributed by atoms with van der Waals surface area (Å²) in [5, 5.41) is 3.97. The molecule has 3 aliphatic rings. The van der Waals surface area contributed by atoms with E-state index in [-0.39, 0.29) is 42.7 Å². The summed E-state index contributed by atoms with van der Waals surface area (Å²) in [6, 6.07) is 5.14. The summed E-state index contributed by atoms with van der Waals surface area (Å²) in [5.41, 5.74) is -0.301. The maximum Gasteiger partial charge on any atom is 0.320 e. The third kappa shape index (κ3) is 6.37. The quantitative estimate of drug-likeness (QED) is 0.375. The Kier molecular flexibility index (Phi) is 9.58. The van der Waals surface area contributed by atoms with Gasteiger partial charge in [-0.05, 0) is 61.3 Å².